The molecule has 3 rings (SSSR count). The lowest BCUT2D eigenvalue weighted by atomic mass is 9.14. The van der Waals surface area contributed by atoms with E-state index in [1.807, 2.05) is 18.2 Å². The molecule has 0 aliphatic carbocycles. The summed E-state index contributed by atoms with van der Waals surface area (Å²) < 4.78 is 60.9. The molecule has 0 fully saturated rings. The molecule has 0 saturated heterocycles. The van der Waals surface area contributed by atoms with Gasteiger partial charge in [-0.05, 0) is 18.2 Å². The predicted molar refractivity (Wildman–Crippen MR) is 160 cm³/mol. The van der Waals surface area contributed by atoms with E-state index in [1.165, 1.54) is 78.1 Å². The first-order chi connectivity index (χ1) is 19.4. The van der Waals surface area contributed by atoms with Crippen molar-refractivity contribution in [3.05, 3.63) is 72.0 Å². The summed E-state index contributed by atoms with van der Waals surface area (Å²) >= 11 is 0. The van der Waals surface area contributed by atoms with Crippen molar-refractivity contribution in [2.75, 3.05) is 21.3 Å². The third kappa shape index (κ3) is 7.55. The minimum atomic E-state index is -1.96. The van der Waals surface area contributed by atoms with Crippen molar-refractivity contribution in [2.24, 2.45) is 0 Å². The van der Waals surface area contributed by atoms with Gasteiger partial charge >= 0.3 is 0 Å². The normalized spacial score (nSPS) is 11.5. The standard InChI is InChI=1S/C33H43BF3O3/c1-5-6-7-8-9-10-11-12-13-14-21-34(25-15-18-31(38-2)28(35)22-25,26-16-19-32(39-3)29(36)23-26)27-17-20-33(40-4)30(37)24-27/h15-20,22-24H,5-14,21H2,1-4H3/q-1. The summed E-state index contributed by atoms with van der Waals surface area (Å²) in [4.78, 5) is 0. The second-order valence-electron chi connectivity index (χ2n) is 10.7. The molecule has 3 aromatic rings. The zero-order chi connectivity index (χ0) is 29.0. The number of hydrogen-bond donors (Lipinski definition) is 0. The Bertz CT molecular complexity index is 1090. The Balaban J connectivity index is 2.00. The molecule has 0 aromatic heterocycles. The van der Waals surface area contributed by atoms with E-state index in [9.17, 15) is 0 Å². The maximum Gasteiger partial charge on any atom is 0.161 e. The van der Waals surface area contributed by atoms with Gasteiger partial charge < -0.3 is 14.2 Å². The predicted octanol–water partition coefficient (Wildman–Crippen LogP) is 7.52. The molecule has 3 nitrogen and oxygen atoms in total. The maximum absolute atomic E-state index is 15.1. The fraction of sp³-hybridized carbons (Fsp3) is 0.455. The Morgan fingerprint density at radius 3 is 1.12 bits per heavy atom. The lowest BCUT2D eigenvalue weighted by molar-refractivity contribution is 0.386. The molecular weight excluding hydrogens is 512 g/mol. The van der Waals surface area contributed by atoms with Crippen LogP contribution in [0.4, 0.5) is 13.2 Å². The van der Waals surface area contributed by atoms with Crippen LogP contribution in [-0.4, -0.2) is 27.5 Å². The van der Waals surface area contributed by atoms with Crippen LogP contribution in [0.5, 0.6) is 17.2 Å². The van der Waals surface area contributed by atoms with E-state index in [-0.39, 0.29) is 17.2 Å². The Hall–Kier alpha value is -3.09. The summed E-state index contributed by atoms with van der Waals surface area (Å²) in [7, 11) is 4.24. The number of halogens is 3. The second kappa shape index (κ2) is 15.6. The first kappa shape index (κ1) is 31.4. The van der Waals surface area contributed by atoms with Gasteiger partial charge in [-0.15, -0.1) is 0 Å². The van der Waals surface area contributed by atoms with E-state index in [0.717, 1.165) is 25.7 Å². The number of unbranched alkanes of at least 4 members (excludes halogenated alkanes) is 9. The van der Waals surface area contributed by atoms with Gasteiger partial charge in [0.05, 0.1) is 27.5 Å². The van der Waals surface area contributed by atoms with Crippen LogP contribution in [0, 0.1) is 17.5 Å². The molecular formula is C33H43BF3O3-. The smallest absolute Gasteiger partial charge is 0.161 e. The molecule has 3 aromatic carbocycles. The zero-order valence-electron chi connectivity index (χ0n) is 24.4. The first-order valence-electron chi connectivity index (χ1n) is 14.6. The minimum Gasteiger partial charge on any atom is -0.494 e. The van der Waals surface area contributed by atoms with Crippen LogP contribution >= 0.6 is 0 Å². The number of rotatable bonds is 17. The molecule has 0 saturated carbocycles. The molecule has 0 amide bonds. The van der Waals surface area contributed by atoms with Crippen molar-refractivity contribution in [2.45, 2.75) is 77.5 Å². The van der Waals surface area contributed by atoms with Crippen molar-refractivity contribution in [3.8, 4) is 17.2 Å². The van der Waals surface area contributed by atoms with Gasteiger partial charge in [-0.25, -0.2) is 13.2 Å². The minimum absolute atomic E-state index is 0.120. The highest BCUT2D eigenvalue weighted by Gasteiger charge is 2.32. The van der Waals surface area contributed by atoms with E-state index in [2.05, 4.69) is 6.92 Å². The van der Waals surface area contributed by atoms with Gasteiger partial charge in [0.25, 0.3) is 0 Å². The maximum atomic E-state index is 15.1. The molecule has 218 valence electrons. The van der Waals surface area contributed by atoms with E-state index in [1.54, 1.807) is 18.2 Å². The van der Waals surface area contributed by atoms with Gasteiger partial charge in [-0.3, -0.25) is 0 Å². The van der Waals surface area contributed by atoms with Crippen molar-refractivity contribution in [1.29, 1.82) is 0 Å². The number of ether oxygens (including phenoxy) is 3. The molecule has 0 unspecified atom stereocenters. The van der Waals surface area contributed by atoms with Gasteiger partial charge in [-0.2, -0.15) is 22.7 Å². The fourth-order valence-corrected chi connectivity index (χ4v) is 5.98. The highest BCUT2D eigenvalue weighted by molar-refractivity contribution is 7.11. The molecule has 40 heavy (non-hydrogen) atoms. The Morgan fingerprint density at radius 2 is 0.825 bits per heavy atom. The molecule has 0 spiro atoms. The summed E-state index contributed by atoms with van der Waals surface area (Å²) in [6, 6.07) is 14.5. The van der Waals surface area contributed by atoms with Gasteiger partial charge in [0, 0.05) is 0 Å². The average molecular weight is 556 g/mol. The summed E-state index contributed by atoms with van der Waals surface area (Å²) in [5, 5.41) is 0. The summed E-state index contributed by atoms with van der Waals surface area (Å²) in [5.74, 6) is -1.19. The number of benzene rings is 3. The largest absolute Gasteiger partial charge is 0.494 e. The van der Waals surface area contributed by atoms with Crippen LogP contribution in [-0.2, 0) is 0 Å². The third-order valence-corrected chi connectivity index (χ3v) is 8.23. The lowest BCUT2D eigenvalue weighted by Gasteiger charge is -2.43. The van der Waals surface area contributed by atoms with Crippen molar-refractivity contribution >= 4 is 22.5 Å². The van der Waals surface area contributed by atoms with Crippen LogP contribution in [0.25, 0.3) is 0 Å². The quantitative estimate of drug-likeness (QED) is 0.127. The van der Waals surface area contributed by atoms with E-state index in [0.29, 0.717) is 22.7 Å². The topological polar surface area (TPSA) is 27.7 Å². The molecule has 0 bridgehead atoms. The SMILES string of the molecule is CCCCCCCCCCCC[B-](c1ccc(OC)c(F)c1)(c1ccc(OC)c(F)c1)c1ccc(OC)c(F)c1. The average Bonchev–Trinajstić information content (AvgIpc) is 2.96. The van der Waals surface area contributed by atoms with Crippen molar-refractivity contribution in [1.82, 2.24) is 0 Å². The third-order valence-electron chi connectivity index (χ3n) is 8.23. The molecule has 0 N–H and O–H groups in total. The first-order valence-corrected chi connectivity index (χ1v) is 14.6. The van der Waals surface area contributed by atoms with Crippen LogP contribution < -0.4 is 30.6 Å². The Kier molecular flexibility index (Phi) is 12.3. The molecule has 0 heterocycles. The molecule has 7 heteroatoms. The van der Waals surface area contributed by atoms with Crippen LogP contribution in [0.3, 0.4) is 0 Å². The highest BCUT2D eigenvalue weighted by Crippen LogP contribution is 2.25. The van der Waals surface area contributed by atoms with E-state index < -0.39 is 23.6 Å². The van der Waals surface area contributed by atoms with Gasteiger partial charge in [0.15, 0.2) is 34.7 Å². The highest BCUT2D eigenvalue weighted by atomic mass is 19.1. The summed E-state index contributed by atoms with van der Waals surface area (Å²) in [6.07, 6.45) is 10.3. The van der Waals surface area contributed by atoms with Gasteiger partial charge in [0.1, 0.15) is 0 Å². The molecule has 0 radical (unpaired) electrons. The second-order valence-corrected chi connectivity index (χ2v) is 10.7. The van der Waals surface area contributed by atoms with Gasteiger partial charge in [-0.1, -0.05) is 108 Å². The molecule has 0 atom stereocenters. The van der Waals surface area contributed by atoms with E-state index in [4.69, 9.17) is 14.2 Å². The zero-order valence-corrected chi connectivity index (χ0v) is 24.4. The number of hydrogen-bond acceptors (Lipinski definition) is 3. The fourth-order valence-electron chi connectivity index (χ4n) is 5.98. The van der Waals surface area contributed by atoms with Crippen LogP contribution in [0.1, 0.15) is 71.1 Å². The van der Waals surface area contributed by atoms with Crippen molar-refractivity contribution < 1.29 is 27.4 Å². The van der Waals surface area contributed by atoms with Crippen molar-refractivity contribution in [3.63, 3.8) is 0 Å². The molecule has 0 aliphatic heterocycles. The molecule has 0 aliphatic rings. The van der Waals surface area contributed by atoms with Crippen LogP contribution in [0.15, 0.2) is 54.6 Å². The lowest BCUT2D eigenvalue weighted by Crippen LogP contribution is -2.67. The van der Waals surface area contributed by atoms with E-state index >= 15 is 13.2 Å². The summed E-state index contributed by atoms with van der Waals surface area (Å²) in [6.45, 7) is 2.22. The number of methoxy groups -OCH3 is 3. The summed E-state index contributed by atoms with van der Waals surface area (Å²) in [5.41, 5.74) is 1.97. The van der Waals surface area contributed by atoms with Gasteiger partial charge in [0.2, 0.25) is 0 Å². The Morgan fingerprint density at radius 1 is 0.500 bits per heavy atom. The Labute approximate surface area is 238 Å². The van der Waals surface area contributed by atoms with Crippen LogP contribution in [0.2, 0.25) is 6.32 Å². The monoisotopic (exact) mass is 555 g/mol.